The second-order valence-corrected chi connectivity index (χ2v) is 8.61. The van der Waals surface area contributed by atoms with Gasteiger partial charge < -0.3 is 4.90 Å². The van der Waals surface area contributed by atoms with E-state index in [4.69, 9.17) is 0 Å². The molecule has 6 nitrogen and oxygen atoms in total. The van der Waals surface area contributed by atoms with Crippen LogP contribution in [-0.2, 0) is 6.42 Å². The van der Waals surface area contributed by atoms with E-state index >= 15 is 0 Å². The van der Waals surface area contributed by atoms with E-state index in [9.17, 15) is 9.59 Å². The van der Waals surface area contributed by atoms with Crippen molar-refractivity contribution in [2.24, 2.45) is 0 Å². The highest BCUT2D eigenvalue weighted by Gasteiger charge is 2.39. The molecule has 162 valence electrons. The summed E-state index contributed by atoms with van der Waals surface area (Å²) in [7, 11) is 0. The number of fused-ring (bicyclic) bond motifs is 2. The van der Waals surface area contributed by atoms with Gasteiger partial charge in [-0.25, -0.2) is 14.9 Å². The monoisotopic (exact) mass is 410 g/mol. The number of ketones is 1. The largest absolute Gasteiger partial charge is 0.336 e. The SMILES string of the molecule is CCCN1CCC[C@@H]2c3cccc4c3c(c(C(C)=O)n4NC(=O)N(CC)CC)C[C@H]21. The van der Waals surface area contributed by atoms with Crippen LogP contribution < -0.4 is 5.43 Å². The van der Waals surface area contributed by atoms with Gasteiger partial charge in [-0.15, -0.1) is 0 Å². The van der Waals surface area contributed by atoms with Gasteiger partial charge in [0.05, 0.1) is 5.52 Å². The van der Waals surface area contributed by atoms with Crippen molar-refractivity contribution in [2.75, 3.05) is 31.6 Å². The molecule has 0 saturated carbocycles. The Hall–Kier alpha value is -2.34. The van der Waals surface area contributed by atoms with Gasteiger partial charge >= 0.3 is 6.03 Å². The van der Waals surface area contributed by atoms with Gasteiger partial charge in [0.15, 0.2) is 5.78 Å². The zero-order chi connectivity index (χ0) is 21.4. The van der Waals surface area contributed by atoms with Crippen LogP contribution in [0.15, 0.2) is 18.2 Å². The Balaban J connectivity index is 1.86. The van der Waals surface area contributed by atoms with Gasteiger partial charge in [0.2, 0.25) is 0 Å². The highest BCUT2D eigenvalue weighted by Crippen LogP contribution is 2.45. The van der Waals surface area contributed by atoms with Crippen LogP contribution in [0.3, 0.4) is 0 Å². The number of benzene rings is 1. The first-order chi connectivity index (χ1) is 14.5. The lowest BCUT2D eigenvalue weighted by Crippen LogP contribution is -2.47. The van der Waals surface area contributed by atoms with Crippen LogP contribution in [0.4, 0.5) is 4.79 Å². The van der Waals surface area contributed by atoms with Crippen LogP contribution in [0.1, 0.15) is 74.5 Å². The second kappa shape index (κ2) is 8.42. The zero-order valence-electron chi connectivity index (χ0n) is 18.7. The standard InChI is InChI=1S/C24H34N4O2/c1-5-13-27-14-9-11-17-18-10-8-12-20-22(18)19(15-21(17)27)23(16(4)29)28(20)25-24(30)26(6-2)7-3/h8,10,12,17,21H,5-7,9,11,13-15H2,1-4H3,(H,25,30)/t17-,21-/m1/s1. The molecule has 0 unspecified atom stereocenters. The number of Topliss-reactive ketones (excluding diaryl/α,β-unsaturated/α-hetero) is 1. The van der Waals surface area contributed by atoms with Gasteiger partial charge in [-0.1, -0.05) is 19.1 Å². The van der Waals surface area contributed by atoms with Crippen molar-refractivity contribution in [3.05, 3.63) is 35.0 Å². The number of nitrogens with zero attached hydrogens (tertiary/aromatic N) is 3. The minimum atomic E-state index is -0.166. The molecule has 0 radical (unpaired) electrons. The van der Waals surface area contributed by atoms with Gasteiger partial charge in [-0.05, 0) is 69.8 Å². The second-order valence-electron chi connectivity index (χ2n) is 8.61. The lowest BCUT2D eigenvalue weighted by Gasteiger charge is -2.44. The van der Waals surface area contributed by atoms with Crippen molar-refractivity contribution in [3.63, 3.8) is 0 Å². The van der Waals surface area contributed by atoms with Crippen molar-refractivity contribution in [3.8, 4) is 0 Å². The van der Waals surface area contributed by atoms with Crippen molar-refractivity contribution in [1.82, 2.24) is 14.5 Å². The van der Waals surface area contributed by atoms with Crippen LogP contribution in [-0.4, -0.2) is 58.5 Å². The van der Waals surface area contributed by atoms with E-state index in [1.165, 1.54) is 23.8 Å². The average Bonchev–Trinajstić information content (AvgIpc) is 3.04. The smallest absolute Gasteiger partial charge is 0.324 e. The van der Waals surface area contributed by atoms with Crippen molar-refractivity contribution >= 4 is 22.7 Å². The topological polar surface area (TPSA) is 57.6 Å². The number of hydrogen-bond acceptors (Lipinski definition) is 3. The molecular formula is C24H34N4O2. The first-order valence-corrected chi connectivity index (χ1v) is 11.5. The Morgan fingerprint density at radius 1 is 1.20 bits per heavy atom. The normalized spacial score (nSPS) is 20.8. The molecular weight excluding hydrogens is 376 g/mol. The molecule has 4 rings (SSSR count). The lowest BCUT2D eigenvalue weighted by atomic mass is 9.74. The number of piperidine rings is 1. The molecule has 0 bridgehead atoms. The maximum atomic E-state index is 12.9. The Morgan fingerprint density at radius 3 is 2.63 bits per heavy atom. The Morgan fingerprint density at radius 2 is 1.97 bits per heavy atom. The summed E-state index contributed by atoms with van der Waals surface area (Å²) in [5.74, 6) is 0.499. The summed E-state index contributed by atoms with van der Waals surface area (Å²) in [6, 6.07) is 6.61. The molecule has 2 heterocycles. The van der Waals surface area contributed by atoms with Crippen molar-refractivity contribution in [2.45, 2.75) is 65.3 Å². The highest BCUT2D eigenvalue weighted by molar-refractivity contribution is 6.04. The number of urea groups is 1. The molecule has 2 aliphatic rings. The van der Waals surface area contributed by atoms with Gasteiger partial charge in [0.1, 0.15) is 5.69 Å². The van der Waals surface area contributed by atoms with Crippen LogP contribution in [0.25, 0.3) is 10.9 Å². The van der Waals surface area contributed by atoms with Gasteiger partial charge in [-0.3, -0.25) is 9.69 Å². The number of carbonyl (C=O) groups is 2. The summed E-state index contributed by atoms with van der Waals surface area (Å²) in [4.78, 5) is 30.0. The third-order valence-corrected chi connectivity index (χ3v) is 6.94. The quantitative estimate of drug-likeness (QED) is 0.720. The van der Waals surface area contributed by atoms with Crippen molar-refractivity contribution in [1.29, 1.82) is 0 Å². The average molecular weight is 411 g/mol. The minimum absolute atomic E-state index is 0.00305. The predicted molar refractivity (Wildman–Crippen MR) is 121 cm³/mol. The van der Waals surface area contributed by atoms with E-state index < -0.39 is 0 Å². The maximum absolute atomic E-state index is 12.9. The van der Waals surface area contributed by atoms with E-state index in [0.29, 0.717) is 30.7 Å². The number of aromatic nitrogens is 1. The molecule has 0 spiro atoms. The molecule has 30 heavy (non-hydrogen) atoms. The highest BCUT2D eigenvalue weighted by atomic mass is 16.2. The Kier molecular flexibility index (Phi) is 5.87. The van der Waals surface area contributed by atoms with Gasteiger partial charge in [-0.2, -0.15) is 0 Å². The number of hydrogen-bond donors (Lipinski definition) is 1. The van der Waals surface area contributed by atoms with Crippen LogP contribution in [0, 0.1) is 0 Å². The van der Waals surface area contributed by atoms with E-state index in [2.05, 4.69) is 29.4 Å². The summed E-state index contributed by atoms with van der Waals surface area (Å²) in [5.41, 5.74) is 7.07. The van der Waals surface area contributed by atoms with Gasteiger partial charge in [0.25, 0.3) is 0 Å². The van der Waals surface area contributed by atoms with E-state index in [1.807, 2.05) is 19.9 Å². The number of nitrogens with one attached hydrogen (secondary N) is 1. The summed E-state index contributed by atoms with van der Waals surface area (Å²) in [5, 5.41) is 1.18. The van der Waals surface area contributed by atoms with E-state index in [0.717, 1.165) is 37.0 Å². The molecule has 1 aliphatic carbocycles. The number of carbonyl (C=O) groups excluding carboxylic acids is 2. The maximum Gasteiger partial charge on any atom is 0.336 e. The molecule has 1 aromatic carbocycles. The molecule has 2 atom stereocenters. The minimum Gasteiger partial charge on any atom is -0.324 e. The van der Waals surface area contributed by atoms with Crippen LogP contribution in [0.2, 0.25) is 0 Å². The Bertz CT molecular complexity index is 958. The fourth-order valence-corrected chi connectivity index (χ4v) is 5.65. The fraction of sp³-hybridized carbons (Fsp3) is 0.583. The summed E-state index contributed by atoms with van der Waals surface area (Å²) < 4.78 is 1.76. The van der Waals surface area contributed by atoms with E-state index in [1.54, 1.807) is 16.5 Å². The fourth-order valence-electron chi connectivity index (χ4n) is 5.65. The molecule has 1 N–H and O–H groups in total. The first kappa shape index (κ1) is 20.9. The first-order valence-electron chi connectivity index (χ1n) is 11.5. The number of rotatable bonds is 6. The summed E-state index contributed by atoms with van der Waals surface area (Å²) >= 11 is 0. The summed E-state index contributed by atoms with van der Waals surface area (Å²) in [6.45, 7) is 11.3. The molecule has 1 saturated heterocycles. The third kappa shape index (κ3) is 3.31. The molecule has 6 heteroatoms. The number of likely N-dealkylation sites (tertiary alicyclic amines) is 1. The van der Waals surface area contributed by atoms with Crippen LogP contribution in [0.5, 0.6) is 0 Å². The molecule has 2 aromatic rings. The molecule has 2 amide bonds. The predicted octanol–water partition coefficient (Wildman–Crippen LogP) is 4.36. The number of amides is 2. The van der Waals surface area contributed by atoms with E-state index in [-0.39, 0.29) is 11.8 Å². The lowest BCUT2D eigenvalue weighted by molar-refractivity contribution is 0.100. The van der Waals surface area contributed by atoms with Crippen LogP contribution >= 0.6 is 0 Å². The molecule has 1 aliphatic heterocycles. The molecule has 1 fully saturated rings. The molecule has 1 aromatic heterocycles. The summed E-state index contributed by atoms with van der Waals surface area (Å²) in [6.07, 6.45) is 4.42. The van der Waals surface area contributed by atoms with Crippen molar-refractivity contribution < 1.29 is 9.59 Å². The van der Waals surface area contributed by atoms with Gasteiger partial charge in [0, 0.05) is 37.4 Å². The Labute approximate surface area is 179 Å². The zero-order valence-corrected chi connectivity index (χ0v) is 18.7. The third-order valence-electron chi connectivity index (χ3n) is 6.94.